The van der Waals surface area contributed by atoms with Crippen LogP contribution >= 0.6 is 0 Å². The predicted molar refractivity (Wildman–Crippen MR) is 75.9 cm³/mol. The molecule has 0 amide bonds. The van der Waals surface area contributed by atoms with Crippen LogP contribution in [0.15, 0.2) is 48.5 Å². The Kier molecular flexibility index (Phi) is 4.60. The maximum Gasteiger partial charge on any atom is 0.119 e. The highest BCUT2D eigenvalue weighted by Crippen LogP contribution is 2.15. The lowest BCUT2D eigenvalue weighted by Gasteiger charge is -2.08. The number of rotatable bonds is 3. The molecule has 0 aliphatic heterocycles. The monoisotopic (exact) mass is 252 g/mol. The van der Waals surface area contributed by atoms with Crippen LogP contribution in [0.1, 0.15) is 16.7 Å². The van der Waals surface area contributed by atoms with Crippen LogP contribution in [-0.2, 0) is 6.61 Å². The molecule has 2 rings (SSSR count). The smallest absolute Gasteiger partial charge is 0.119 e. The Hall–Kier alpha value is -2.24. The van der Waals surface area contributed by atoms with E-state index in [4.69, 9.17) is 9.84 Å². The molecule has 96 valence electrons. The molecule has 0 unspecified atom stereocenters. The first-order valence-corrected chi connectivity index (χ1v) is 6.16. The van der Waals surface area contributed by atoms with E-state index in [0.717, 1.165) is 16.9 Å². The topological polar surface area (TPSA) is 29.5 Å². The van der Waals surface area contributed by atoms with E-state index in [-0.39, 0.29) is 6.61 Å². The van der Waals surface area contributed by atoms with Gasteiger partial charge in [0.25, 0.3) is 0 Å². The molecule has 2 aromatic carbocycles. The van der Waals surface area contributed by atoms with Crippen molar-refractivity contribution in [1.29, 1.82) is 0 Å². The molecular weight excluding hydrogens is 236 g/mol. The Balaban J connectivity index is 2.09. The minimum atomic E-state index is -0.132. The summed E-state index contributed by atoms with van der Waals surface area (Å²) in [6, 6.07) is 15.7. The second-order valence-corrected chi connectivity index (χ2v) is 4.22. The Labute approximate surface area is 113 Å². The van der Waals surface area contributed by atoms with Gasteiger partial charge >= 0.3 is 0 Å². The summed E-state index contributed by atoms with van der Waals surface area (Å²) in [6.45, 7) is 2.38. The van der Waals surface area contributed by atoms with Crippen LogP contribution in [0.5, 0.6) is 5.75 Å². The normalized spacial score (nSPS) is 9.58. The first kappa shape index (κ1) is 13.2. The zero-order valence-corrected chi connectivity index (χ0v) is 10.9. The first-order chi connectivity index (χ1) is 9.29. The number of hydrogen-bond acceptors (Lipinski definition) is 2. The number of aryl methyl sites for hydroxylation is 1. The lowest BCUT2D eigenvalue weighted by molar-refractivity contribution is 0.306. The molecule has 2 nitrogen and oxygen atoms in total. The summed E-state index contributed by atoms with van der Waals surface area (Å²) in [5.74, 6) is 6.43. The van der Waals surface area contributed by atoms with Gasteiger partial charge in [-0.2, -0.15) is 0 Å². The van der Waals surface area contributed by atoms with Gasteiger partial charge in [0.1, 0.15) is 19.0 Å². The Morgan fingerprint density at radius 1 is 1.05 bits per heavy atom. The standard InChI is InChI=1S/C17H16O2/c1-14-8-10-17(11-9-14)19-13-16-6-3-2-5-15(16)7-4-12-18/h2-3,5-6,8-11,18H,12-13H2,1H3. The fourth-order valence-corrected chi connectivity index (χ4v) is 1.70. The van der Waals surface area contributed by atoms with Crippen molar-refractivity contribution in [1.82, 2.24) is 0 Å². The lowest BCUT2D eigenvalue weighted by atomic mass is 10.1. The number of aliphatic hydroxyl groups is 1. The second kappa shape index (κ2) is 6.63. The summed E-state index contributed by atoms with van der Waals surface area (Å²) in [7, 11) is 0. The van der Waals surface area contributed by atoms with Crippen LogP contribution in [0, 0.1) is 18.8 Å². The number of benzene rings is 2. The number of aliphatic hydroxyl groups excluding tert-OH is 1. The molecule has 0 atom stereocenters. The molecule has 0 heterocycles. The van der Waals surface area contributed by atoms with E-state index in [1.807, 2.05) is 55.5 Å². The van der Waals surface area contributed by atoms with Crippen molar-refractivity contribution in [2.24, 2.45) is 0 Å². The third kappa shape index (κ3) is 3.87. The number of hydrogen-bond donors (Lipinski definition) is 1. The van der Waals surface area contributed by atoms with Gasteiger partial charge < -0.3 is 9.84 Å². The summed E-state index contributed by atoms with van der Waals surface area (Å²) in [5, 5.41) is 8.75. The molecule has 0 saturated heterocycles. The summed E-state index contributed by atoms with van der Waals surface area (Å²) < 4.78 is 5.74. The third-order valence-corrected chi connectivity index (χ3v) is 2.73. The van der Waals surface area contributed by atoms with Gasteiger partial charge in [0.15, 0.2) is 0 Å². The van der Waals surface area contributed by atoms with Crippen molar-refractivity contribution in [3.05, 3.63) is 65.2 Å². The highest BCUT2D eigenvalue weighted by atomic mass is 16.5. The van der Waals surface area contributed by atoms with Gasteiger partial charge in [-0.25, -0.2) is 0 Å². The van der Waals surface area contributed by atoms with E-state index in [1.165, 1.54) is 5.56 Å². The SMILES string of the molecule is Cc1ccc(OCc2ccccc2C#CCO)cc1. The van der Waals surface area contributed by atoms with Gasteiger partial charge in [-0.15, -0.1) is 0 Å². The average molecular weight is 252 g/mol. The van der Waals surface area contributed by atoms with Crippen molar-refractivity contribution in [3.63, 3.8) is 0 Å². The molecule has 2 aromatic rings. The minimum Gasteiger partial charge on any atom is -0.489 e. The van der Waals surface area contributed by atoms with Crippen molar-refractivity contribution in [3.8, 4) is 17.6 Å². The summed E-state index contributed by atoms with van der Waals surface area (Å²) in [6.07, 6.45) is 0. The molecule has 0 saturated carbocycles. The largest absolute Gasteiger partial charge is 0.489 e. The molecule has 0 bridgehead atoms. The van der Waals surface area contributed by atoms with E-state index < -0.39 is 0 Å². The predicted octanol–water partition coefficient (Wildman–Crippen LogP) is 2.92. The van der Waals surface area contributed by atoms with Crippen molar-refractivity contribution >= 4 is 0 Å². The molecular formula is C17H16O2. The van der Waals surface area contributed by atoms with E-state index in [0.29, 0.717) is 6.61 Å². The highest BCUT2D eigenvalue weighted by Gasteiger charge is 2.00. The second-order valence-electron chi connectivity index (χ2n) is 4.22. The molecule has 1 N–H and O–H groups in total. The fourth-order valence-electron chi connectivity index (χ4n) is 1.70. The van der Waals surface area contributed by atoms with Gasteiger partial charge in [-0.1, -0.05) is 47.7 Å². The van der Waals surface area contributed by atoms with E-state index >= 15 is 0 Å². The third-order valence-electron chi connectivity index (χ3n) is 2.73. The van der Waals surface area contributed by atoms with Crippen LogP contribution in [-0.4, -0.2) is 11.7 Å². The van der Waals surface area contributed by atoms with Gasteiger partial charge in [0.2, 0.25) is 0 Å². The Bertz CT molecular complexity index is 589. The number of ether oxygens (including phenoxy) is 1. The molecule has 0 aromatic heterocycles. The molecule has 2 heteroatoms. The lowest BCUT2D eigenvalue weighted by Crippen LogP contribution is -1.98. The molecule has 0 spiro atoms. The van der Waals surface area contributed by atoms with Gasteiger partial charge in [-0.3, -0.25) is 0 Å². The van der Waals surface area contributed by atoms with Crippen LogP contribution in [0.2, 0.25) is 0 Å². The Morgan fingerprint density at radius 2 is 1.79 bits per heavy atom. The molecule has 19 heavy (non-hydrogen) atoms. The van der Waals surface area contributed by atoms with E-state index in [2.05, 4.69) is 11.8 Å². The Morgan fingerprint density at radius 3 is 2.53 bits per heavy atom. The van der Waals surface area contributed by atoms with E-state index in [9.17, 15) is 0 Å². The molecule has 0 radical (unpaired) electrons. The van der Waals surface area contributed by atoms with Crippen LogP contribution in [0.4, 0.5) is 0 Å². The van der Waals surface area contributed by atoms with Crippen LogP contribution < -0.4 is 4.74 Å². The van der Waals surface area contributed by atoms with Crippen molar-refractivity contribution in [2.75, 3.05) is 6.61 Å². The highest BCUT2D eigenvalue weighted by molar-refractivity contribution is 5.41. The molecule has 0 aliphatic rings. The zero-order valence-electron chi connectivity index (χ0n) is 10.9. The maximum atomic E-state index is 8.75. The molecule has 0 fully saturated rings. The maximum absolute atomic E-state index is 8.75. The van der Waals surface area contributed by atoms with Crippen molar-refractivity contribution < 1.29 is 9.84 Å². The fraction of sp³-hybridized carbons (Fsp3) is 0.176. The van der Waals surface area contributed by atoms with E-state index in [1.54, 1.807) is 0 Å². The summed E-state index contributed by atoms with van der Waals surface area (Å²) in [5.41, 5.74) is 3.12. The van der Waals surface area contributed by atoms with Crippen LogP contribution in [0.3, 0.4) is 0 Å². The average Bonchev–Trinajstić information content (AvgIpc) is 2.45. The van der Waals surface area contributed by atoms with Gasteiger partial charge in [0, 0.05) is 11.1 Å². The van der Waals surface area contributed by atoms with Gasteiger partial charge in [0.05, 0.1) is 0 Å². The quantitative estimate of drug-likeness (QED) is 0.851. The van der Waals surface area contributed by atoms with Crippen LogP contribution in [0.25, 0.3) is 0 Å². The summed E-state index contributed by atoms with van der Waals surface area (Å²) in [4.78, 5) is 0. The first-order valence-electron chi connectivity index (χ1n) is 6.16. The minimum absolute atomic E-state index is 0.132. The zero-order chi connectivity index (χ0) is 13.5. The summed E-state index contributed by atoms with van der Waals surface area (Å²) >= 11 is 0. The van der Waals surface area contributed by atoms with Crippen molar-refractivity contribution in [2.45, 2.75) is 13.5 Å². The molecule has 0 aliphatic carbocycles. The van der Waals surface area contributed by atoms with Gasteiger partial charge in [-0.05, 0) is 25.1 Å².